The van der Waals surface area contributed by atoms with E-state index in [1.807, 2.05) is 0 Å². The molecule has 0 fully saturated rings. The Bertz CT molecular complexity index is 726. The molecule has 23 heavy (non-hydrogen) atoms. The Morgan fingerprint density at radius 1 is 1.26 bits per heavy atom. The number of carbonyl (C=O) groups is 1. The van der Waals surface area contributed by atoms with Crippen LogP contribution in [0.1, 0.15) is 11.1 Å². The van der Waals surface area contributed by atoms with Gasteiger partial charge in [0.25, 0.3) is 5.69 Å². The molecule has 0 saturated carbocycles. The summed E-state index contributed by atoms with van der Waals surface area (Å²) in [4.78, 5) is 22.1. The number of hydrazone groups is 1. The molecule has 2 aromatic rings. The Kier molecular flexibility index (Phi) is 5.40. The predicted molar refractivity (Wildman–Crippen MR) is 85.5 cm³/mol. The number of carbonyl (C=O) groups excluding carboxylic acids is 1. The zero-order valence-electron chi connectivity index (χ0n) is 12.4. The van der Waals surface area contributed by atoms with Gasteiger partial charge in [-0.05, 0) is 23.8 Å². The van der Waals surface area contributed by atoms with Gasteiger partial charge in [0.15, 0.2) is 0 Å². The van der Waals surface area contributed by atoms with Gasteiger partial charge in [0, 0.05) is 6.07 Å². The van der Waals surface area contributed by atoms with Gasteiger partial charge in [-0.3, -0.25) is 14.9 Å². The first-order chi connectivity index (χ1) is 11.1. The van der Waals surface area contributed by atoms with Gasteiger partial charge in [0.05, 0.1) is 30.2 Å². The highest BCUT2D eigenvalue weighted by Gasteiger charge is 2.10. The van der Waals surface area contributed by atoms with Gasteiger partial charge < -0.3 is 4.74 Å². The Morgan fingerprint density at radius 3 is 2.61 bits per heavy atom. The van der Waals surface area contributed by atoms with E-state index in [4.69, 9.17) is 4.74 Å². The first kappa shape index (κ1) is 16.2. The quantitative estimate of drug-likeness (QED) is 0.503. The van der Waals surface area contributed by atoms with Gasteiger partial charge in [-0.2, -0.15) is 5.10 Å². The van der Waals surface area contributed by atoms with E-state index in [0.29, 0.717) is 11.3 Å². The number of nitro groups is 1. The molecular formula is C16H15N3O4. The van der Waals surface area contributed by atoms with Crippen LogP contribution < -0.4 is 10.2 Å². The molecule has 0 aromatic heterocycles. The summed E-state index contributed by atoms with van der Waals surface area (Å²) in [6.45, 7) is 0. The average molecular weight is 313 g/mol. The SMILES string of the molecule is COc1ccc(CC(=O)N/N=C/c2ccccc2[N+](=O)[O-])cc1. The van der Waals surface area contributed by atoms with E-state index in [9.17, 15) is 14.9 Å². The second-order valence-corrected chi connectivity index (χ2v) is 4.63. The maximum atomic E-state index is 11.8. The van der Waals surface area contributed by atoms with Crippen molar-refractivity contribution >= 4 is 17.8 Å². The van der Waals surface area contributed by atoms with Crippen molar-refractivity contribution in [3.8, 4) is 5.75 Å². The number of nitrogens with zero attached hydrogens (tertiary/aromatic N) is 2. The molecule has 0 saturated heterocycles. The number of hydrogen-bond donors (Lipinski definition) is 1. The zero-order valence-corrected chi connectivity index (χ0v) is 12.4. The van der Waals surface area contributed by atoms with Gasteiger partial charge >= 0.3 is 0 Å². The number of methoxy groups -OCH3 is 1. The Morgan fingerprint density at radius 2 is 1.96 bits per heavy atom. The largest absolute Gasteiger partial charge is 0.497 e. The van der Waals surface area contributed by atoms with Crippen molar-refractivity contribution in [1.82, 2.24) is 5.43 Å². The molecule has 1 N–H and O–H groups in total. The van der Waals surface area contributed by atoms with Crippen molar-refractivity contribution in [3.63, 3.8) is 0 Å². The van der Waals surface area contributed by atoms with E-state index in [1.54, 1.807) is 49.6 Å². The van der Waals surface area contributed by atoms with Crippen molar-refractivity contribution in [1.29, 1.82) is 0 Å². The van der Waals surface area contributed by atoms with Crippen LogP contribution >= 0.6 is 0 Å². The molecule has 7 heteroatoms. The van der Waals surface area contributed by atoms with Crippen LogP contribution in [-0.2, 0) is 11.2 Å². The highest BCUT2D eigenvalue weighted by atomic mass is 16.6. The molecule has 0 bridgehead atoms. The van der Waals surface area contributed by atoms with Gasteiger partial charge in [-0.15, -0.1) is 0 Å². The van der Waals surface area contributed by atoms with Crippen LogP contribution in [0.15, 0.2) is 53.6 Å². The number of nitrogens with one attached hydrogen (secondary N) is 1. The monoisotopic (exact) mass is 313 g/mol. The van der Waals surface area contributed by atoms with Crippen LogP contribution in [0.2, 0.25) is 0 Å². The number of amides is 1. The number of nitro benzene ring substituents is 1. The van der Waals surface area contributed by atoms with Crippen molar-refractivity contribution in [2.45, 2.75) is 6.42 Å². The summed E-state index contributed by atoms with van der Waals surface area (Å²) >= 11 is 0. The number of benzene rings is 2. The topological polar surface area (TPSA) is 93.8 Å². The minimum absolute atomic E-state index is 0.0688. The lowest BCUT2D eigenvalue weighted by Gasteiger charge is -2.02. The summed E-state index contributed by atoms with van der Waals surface area (Å²) in [5.41, 5.74) is 3.41. The maximum Gasteiger partial charge on any atom is 0.278 e. The third-order valence-electron chi connectivity index (χ3n) is 3.05. The summed E-state index contributed by atoms with van der Waals surface area (Å²) in [5, 5.41) is 14.6. The molecule has 0 aliphatic heterocycles. The lowest BCUT2D eigenvalue weighted by molar-refractivity contribution is -0.385. The molecule has 0 aliphatic carbocycles. The van der Waals surface area contributed by atoms with Crippen LogP contribution in [0.5, 0.6) is 5.75 Å². The average Bonchev–Trinajstić information content (AvgIpc) is 2.56. The number of para-hydroxylation sites is 1. The Labute approximate surface area is 132 Å². The first-order valence-corrected chi connectivity index (χ1v) is 6.78. The van der Waals surface area contributed by atoms with E-state index in [0.717, 1.165) is 5.56 Å². The molecule has 0 heterocycles. The fourth-order valence-corrected chi connectivity index (χ4v) is 1.91. The highest BCUT2D eigenvalue weighted by molar-refractivity contribution is 5.86. The lowest BCUT2D eigenvalue weighted by Crippen LogP contribution is -2.19. The molecule has 0 radical (unpaired) electrons. The van der Waals surface area contributed by atoms with E-state index in [2.05, 4.69) is 10.5 Å². The highest BCUT2D eigenvalue weighted by Crippen LogP contribution is 2.15. The predicted octanol–water partition coefficient (Wildman–Crippen LogP) is 2.30. The molecule has 0 unspecified atom stereocenters. The van der Waals surface area contributed by atoms with E-state index < -0.39 is 4.92 Å². The molecule has 1 amide bonds. The molecular weight excluding hydrogens is 298 g/mol. The summed E-state index contributed by atoms with van der Waals surface area (Å²) in [5.74, 6) is 0.397. The van der Waals surface area contributed by atoms with Gasteiger partial charge in [0.2, 0.25) is 5.91 Å². The molecule has 0 spiro atoms. The second kappa shape index (κ2) is 7.69. The summed E-state index contributed by atoms with van der Waals surface area (Å²) in [6, 6.07) is 13.2. The van der Waals surface area contributed by atoms with Gasteiger partial charge in [-0.1, -0.05) is 24.3 Å². The van der Waals surface area contributed by atoms with Gasteiger partial charge in [0.1, 0.15) is 5.75 Å². The third-order valence-corrected chi connectivity index (χ3v) is 3.05. The molecule has 2 aromatic carbocycles. The van der Waals surface area contributed by atoms with Crippen LogP contribution in [0, 0.1) is 10.1 Å². The van der Waals surface area contributed by atoms with Crippen molar-refractivity contribution in [2.24, 2.45) is 5.10 Å². The summed E-state index contributed by atoms with van der Waals surface area (Å²) in [6.07, 6.45) is 1.41. The van der Waals surface area contributed by atoms with Crippen LogP contribution in [0.25, 0.3) is 0 Å². The van der Waals surface area contributed by atoms with Gasteiger partial charge in [-0.25, -0.2) is 5.43 Å². The van der Waals surface area contributed by atoms with E-state index >= 15 is 0 Å². The zero-order chi connectivity index (χ0) is 16.7. The normalized spacial score (nSPS) is 10.5. The van der Waals surface area contributed by atoms with Crippen molar-refractivity contribution in [2.75, 3.05) is 7.11 Å². The minimum Gasteiger partial charge on any atom is -0.497 e. The number of rotatable bonds is 6. The van der Waals surface area contributed by atoms with Crippen molar-refractivity contribution < 1.29 is 14.5 Å². The molecule has 0 atom stereocenters. The number of ether oxygens (including phenoxy) is 1. The fourth-order valence-electron chi connectivity index (χ4n) is 1.91. The molecule has 118 valence electrons. The third kappa shape index (κ3) is 4.63. The van der Waals surface area contributed by atoms with Crippen LogP contribution in [0.3, 0.4) is 0 Å². The van der Waals surface area contributed by atoms with Crippen LogP contribution in [0.4, 0.5) is 5.69 Å². The molecule has 7 nitrogen and oxygen atoms in total. The van der Waals surface area contributed by atoms with Crippen LogP contribution in [-0.4, -0.2) is 24.2 Å². The first-order valence-electron chi connectivity index (χ1n) is 6.78. The Balaban J connectivity index is 1.94. The molecule has 0 aliphatic rings. The van der Waals surface area contributed by atoms with Crippen molar-refractivity contribution in [3.05, 3.63) is 69.8 Å². The maximum absolute atomic E-state index is 11.8. The summed E-state index contributed by atoms with van der Waals surface area (Å²) < 4.78 is 5.04. The van der Waals surface area contributed by atoms with E-state index in [-0.39, 0.29) is 18.0 Å². The lowest BCUT2D eigenvalue weighted by atomic mass is 10.1. The smallest absolute Gasteiger partial charge is 0.278 e. The molecule has 2 rings (SSSR count). The standard InChI is InChI=1S/C16H15N3O4/c1-23-14-8-6-12(7-9-14)10-16(20)18-17-11-13-4-2-3-5-15(13)19(21)22/h2-9,11H,10H2,1H3,(H,18,20)/b17-11+. The minimum atomic E-state index is -0.499. The second-order valence-electron chi connectivity index (χ2n) is 4.63. The Hall–Kier alpha value is -3.22. The number of hydrogen-bond acceptors (Lipinski definition) is 5. The fraction of sp³-hybridized carbons (Fsp3) is 0.125. The van der Waals surface area contributed by atoms with E-state index in [1.165, 1.54) is 12.3 Å². The summed E-state index contributed by atoms with van der Waals surface area (Å²) in [7, 11) is 1.57.